The van der Waals surface area contributed by atoms with Gasteiger partial charge in [0.05, 0.1) is 0 Å². The zero-order valence-corrected chi connectivity index (χ0v) is 32.2. The van der Waals surface area contributed by atoms with Crippen molar-refractivity contribution in [1.82, 2.24) is 14.8 Å². The number of aryl methyl sites for hydroxylation is 3. The molecule has 2 heterocycles. The number of halogens is 1. The molecule has 2 amide bonds. The number of H-pyrrole nitrogens is 1. The number of aromatic nitrogens is 1. The van der Waals surface area contributed by atoms with Crippen LogP contribution in [0.5, 0.6) is 5.75 Å². The molecule has 0 bridgehead atoms. The lowest BCUT2D eigenvalue weighted by Gasteiger charge is -2.30. The van der Waals surface area contributed by atoms with Crippen molar-refractivity contribution < 1.29 is 18.7 Å². The summed E-state index contributed by atoms with van der Waals surface area (Å²) in [7, 11) is 4.25. The van der Waals surface area contributed by atoms with Gasteiger partial charge in [0, 0.05) is 56.0 Å². The molecule has 1 saturated heterocycles. The van der Waals surface area contributed by atoms with Crippen molar-refractivity contribution in [3.05, 3.63) is 101 Å². The first-order valence-electron chi connectivity index (χ1n) is 18.3. The molecule has 3 aromatic carbocycles. The van der Waals surface area contributed by atoms with Crippen LogP contribution in [0.15, 0.2) is 72.9 Å². The van der Waals surface area contributed by atoms with E-state index >= 15 is 0 Å². The number of hydrogen-bond donors (Lipinski definition) is 2. The molecular formula is C42H63FN4O3. The number of rotatable bonds is 10. The van der Waals surface area contributed by atoms with Crippen LogP contribution in [0.25, 0.3) is 10.9 Å². The third-order valence-electron chi connectivity index (χ3n) is 8.01. The highest BCUT2D eigenvalue weighted by Crippen LogP contribution is 2.20. The first-order valence-corrected chi connectivity index (χ1v) is 18.3. The number of benzene rings is 3. The van der Waals surface area contributed by atoms with Crippen LogP contribution in [0.2, 0.25) is 0 Å². The molecule has 50 heavy (non-hydrogen) atoms. The van der Waals surface area contributed by atoms with Gasteiger partial charge in [0.1, 0.15) is 23.5 Å². The predicted octanol–water partition coefficient (Wildman–Crippen LogP) is 9.89. The maximum absolute atomic E-state index is 12.7. The number of para-hydroxylation sites is 1. The summed E-state index contributed by atoms with van der Waals surface area (Å²) in [6.45, 7) is 16.3. The van der Waals surface area contributed by atoms with Gasteiger partial charge in [0.15, 0.2) is 0 Å². The van der Waals surface area contributed by atoms with Crippen LogP contribution in [-0.2, 0) is 24.2 Å². The van der Waals surface area contributed by atoms with Crippen molar-refractivity contribution in [3.63, 3.8) is 0 Å². The number of hydrogen-bond acceptors (Lipinski definition) is 4. The van der Waals surface area contributed by atoms with Crippen LogP contribution < -0.4 is 10.5 Å². The van der Waals surface area contributed by atoms with Crippen LogP contribution in [0, 0.1) is 12.7 Å². The molecule has 0 unspecified atom stereocenters. The number of carbonyl (C=O) groups is 2. The number of urea groups is 1. The highest BCUT2D eigenvalue weighted by molar-refractivity contribution is 5.84. The Morgan fingerprint density at radius 3 is 2.16 bits per heavy atom. The van der Waals surface area contributed by atoms with E-state index < -0.39 is 0 Å². The van der Waals surface area contributed by atoms with Crippen molar-refractivity contribution in [1.29, 1.82) is 0 Å². The fraction of sp³-hybridized carbons (Fsp3) is 0.476. The fourth-order valence-corrected chi connectivity index (χ4v) is 5.32. The van der Waals surface area contributed by atoms with Crippen molar-refractivity contribution in [2.24, 2.45) is 5.73 Å². The van der Waals surface area contributed by atoms with E-state index in [1.807, 2.05) is 52.1 Å². The number of ether oxygens (including phenoxy) is 1. The Bertz CT molecular complexity index is 1510. The highest BCUT2D eigenvalue weighted by atomic mass is 19.1. The van der Waals surface area contributed by atoms with Gasteiger partial charge in [-0.15, -0.1) is 0 Å². The summed E-state index contributed by atoms with van der Waals surface area (Å²) < 4.78 is 18.4. The predicted molar refractivity (Wildman–Crippen MR) is 208 cm³/mol. The number of amides is 2. The van der Waals surface area contributed by atoms with Gasteiger partial charge in [0.2, 0.25) is 0 Å². The summed E-state index contributed by atoms with van der Waals surface area (Å²) in [6, 6.07) is 20.6. The van der Waals surface area contributed by atoms with E-state index in [0.29, 0.717) is 25.3 Å². The van der Waals surface area contributed by atoms with E-state index in [2.05, 4.69) is 62.1 Å². The van der Waals surface area contributed by atoms with E-state index in [1.54, 1.807) is 24.0 Å². The Morgan fingerprint density at radius 1 is 0.940 bits per heavy atom. The van der Waals surface area contributed by atoms with E-state index in [9.17, 15) is 14.0 Å². The number of primary amides is 1. The van der Waals surface area contributed by atoms with Crippen molar-refractivity contribution in [2.75, 3.05) is 27.2 Å². The molecule has 0 radical (unpaired) electrons. The topological polar surface area (TPSA) is 91.7 Å². The SMILES string of the molecule is CC.CC.CC(=O)CCc1c[nH]c2ccccc12.CCCCc1ccc(C)c(CN(C)C)c1.NC(=O)N1CCC(Oc2ccc(F)cc2)CC1. The lowest BCUT2D eigenvalue weighted by atomic mass is 10.0. The second-order valence-corrected chi connectivity index (χ2v) is 12.3. The summed E-state index contributed by atoms with van der Waals surface area (Å²) >= 11 is 0. The molecule has 1 aliphatic rings. The molecular weight excluding hydrogens is 627 g/mol. The summed E-state index contributed by atoms with van der Waals surface area (Å²) in [5, 5.41) is 1.23. The maximum atomic E-state index is 12.7. The summed E-state index contributed by atoms with van der Waals surface area (Å²) in [5.74, 6) is 0.625. The average molecular weight is 691 g/mol. The number of nitrogens with two attached hydrogens (primary N) is 1. The van der Waals surface area contributed by atoms with Gasteiger partial charge in [-0.05, 0) is 99.8 Å². The molecule has 0 atom stereocenters. The van der Waals surface area contributed by atoms with Crippen LogP contribution in [0.3, 0.4) is 0 Å². The summed E-state index contributed by atoms with van der Waals surface area (Å²) in [4.78, 5) is 28.8. The lowest BCUT2D eigenvalue weighted by Crippen LogP contribution is -2.44. The Labute approximate surface area is 301 Å². The second kappa shape index (κ2) is 24.9. The number of nitrogens with zero attached hydrogens (tertiary/aromatic N) is 2. The maximum Gasteiger partial charge on any atom is 0.314 e. The Hall–Kier alpha value is -4.17. The number of nitrogens with one attached hydrogen (secondary N) is 1. The minimum Gasteiger partial charge on any atom is -0.490 e. The van der Waals surface area contributed by atoms with E-state index in [1.165, 1.54) is 59.0 Å². The third kappa shape index (κ3) is 16.5. The van der Waals surface area contributed by atoms with Gasteiger partial charge in [-0.2, -0.15) is 0 Å². The van der Waals surface area contributed by atoms with Crippen LogP contribution in [-0.4, -0.2) is 59.9 Å². The first-order chi connectivity index (χ1) is 24.0. The Kier molecular flexibility index (Phi) is 21.8. The number of unbranched alkanes of at least 4 members (excludes halogenated alkanes) is 1. The molecule has 276 valence electrons. The largest absolute Gasteiger partial charge is 0.490 e. The number of Topliss-reactive ketones (excluding diaryl/α,β-unsaturated/α-hetero) is 1. The van der Waals surface area contributed by atoms with Gasteiger partial charge >= 0.3 is 6.03 Å². The lowest BCUT2D eigenvalue weighted by molar-refractivity contribution is -0.116. The number of ketones is 1. The molecule has 7 nitrogen and oxygen atoms in total. The third-order valence-corrected chi connectivity index (χ3v) is 8.01. The number of carbonyl (C=O) groups excluding carboxylic acids is 2. The first kappa shape index (κ1) is 43.9. The zero-order valence-electron chi connectivity index (χ0n) is 32.2. The number of aromatic amines is 1. The molecule has 1 aliphatic heterocycles. The molecule has 0 saturated carbocycles. The minimum atomic E-state index is -0.384. The van der Waals surface area contributed by atoms with Crippen LogP contribution in [0.1, 0.15) is 95.9 Å². The minimum absolute atomic E-state index is 0.0658. The van der Waals surface area contributed by atoms with Gasteiger partial charge in [0.25, 0.3) is 0 Å². The monoisotopic (exact) mass is 690 g/mol. The van der Waals surface area contributed by atoms with Crippen LogP contribution >= 0.6 is 0 Å². The highest BCUT2D eigenvalue weighted by Gasteiger charge is 2.22. The quantitative estimate of drug-likeness (QED) is 0.173. The molecule has 1 fully saturated rings. The molecule has 3 N–H and O–H groups in total. The zero-order chi connectivity index (χ0) is 37.5. The van der Waals surface area contributed by atoms with E-state index in [-0.39, 0.29) is 23.7 Å². The molecule has 5 rings (SSSR count). The van der Waals surface area contributed by atoms with Crippen molar-refractivity contribution in [3.8, 4) is 5.75 Å². The van der Waals surface area contributed by atoms with Crippen molar-refractivity contribution >= 4 is 22.7 Å². The Balaban J connectivity index is 0.000000358. The average Bonchev–Trinajstić information content (AvgIpc) is 3.54. The second-order valence-electron chi connectivity index (χ2n) is 12.3. The molecule has 0 aliphatic carbocycles. The summed E-state index contributed by atoms with van der Waals surface area (Å²) in [5.41, 5.74) is 11.9. The standard InChI is InChI=1S/C14H23N.C12H15FN2O2.C12H13NO.2C2H6/c1-5-6-7-13-9-8-12(2)14(10-13)11-15(3)4;13-9-1-3-10(4-2-9)17-11-5-7-15(8-6-11)12(14)16;1-9(14)6-7-10-8-13-12-5-3-2-4-11(10)12;2*1-2/h8-10H,5-7,11H2,1-4H3;1-4,11H,5-8H2,(H2,14,16);2-5,8,13H,6-7H2,1H3;2*1-2H3. The molecule has 0 spiro atoms. The van der Waals surface area contributed by atoms with Gasteiger partial charge in [-0.3, -0.25) is 0 Å². The van der Waals surface area contributed by atoms with Gasteiger partial charge < -0.3 is 30.0 Å². The smallest absolute Gasteiger partial charge is 0.314 e. The summed E-state index contributed by atoms with van der Waals surface area (Å²) in [6.07, 6.45) is 8.81. The Morgan fingerprint density at radius 2 is 1.58 bits per heavy atom. The number of fused-ring (bicyclic) bond motifs is 1. The molecule has 1 aromatic heterocycles. The normalized spacial score (nSPS) is 12.3. The van der Waals surface area contributed by atoms with Crippen molar-refractivity contribution in [2.45, 2.75) is 106 Å². The number of likely N-dealkylation sites (tertiary alicyclic amines) is 1. The molecule has 8 heteroatoms. The van der Waals surface area contributed by atoms with E-state index in [0.717, 1.165) is 31.3 Å². The van der Waals surface area contributed by atoms with Gasteiger partial charge in [-0.25, -0.2) is 9.18 Å². The van der Waals surface area contributed by atoms with Crippen LogP contribution in [0.4, 0.5) is 9.18 Å². The molecule has 4 aromatic rings. The van der Waals surface area contributed by atoms with Gasteiger partial charge in [-0.1, -0.05) is 77.4 Å². The number of piperidine rings is 1. The fourth-order valence-electron chi connectivity index (χ4n) is 5.32. The van der Waals surface area contributed by atoms with E-state index in [4.69, 9.17) is 10.5 Å².